The fourth-order valence-electron chi connectivity index (χ4n) is 4.79. The molecule has 0 aliphatic carbocycles. The third-order valence-corrected chi connectivity index (χ3v) is 7.50. The molecule has 9 heteroatoms. The highest BCUT2D eigenvalue weighted by Gasteiger charge is 2.54. The Balaban J connectivity index is 1.52. The lowest BCUT2D eigenvalue weighted by atomic mass is 9.84. The van der Waals surface area contributed by atoms with E-state index in [2.05, 4.69) is 10.2 Å². The summed E-state index contributed by atoms with van der Waals surface area (Å²) in [6, 6.07) is 15.1. The molecule has 0 bridgehead atoms. The van der Waals surface area contributed by atoms with E-state index < -0.39 is 16.8 Å². The predicted molar refractivity (Wildman–Crippen MR) is 134 cm³/mol. The van der Waals surface area contributed by atoms with Gasteiger partial charge in [-0.1, -0.05) is 18.2 Å². The zero-order chi connectivity index (χ0) is 25.2. The molecule has 2 aromatic rings. The van der Waals surface area contributed by atoms with Crippen molar-refractivity contribution in [3.63, 3.8) is 0 Å². The quantitative estimate of drug-likeness (QED) is 0.614. The number of carbonyl (C=O) groups excluding carboxylic acids is 3. The Labute approximate surface area is 209 Å². The van der Waals surface area contributed by atoms with E-state index in [1.807, 2.05) is 44.2 Å². The molecule has 0 saturated carbocycles. The minimum absolute atomic E-state index is 0.0189. The zero-order valence-electron chi connectivity index (χ0n) is 20.0. The van der Waals surface area contributed by atoms with Gasteiger partial charge >= 0.3 is 0 Å². The standard InChI is InChI=1S/C26H30ClFN4O3/c1-25(2,17-27)23(34)30-14-12-26(13-15-30)24(35)31(18-32(26)21-6-4-3-5-7-21)16-22(33)29-20-10-8-19(28)9-11-20/h3-11H,12-18H2,1-2H3,(H,29,33). The number of alkyl halides is 1. The molecule has 0 unspecified atom stereocenters. The fraction of sp³-hybridized carbons (Fsp3) is 0.423. The van der Waals surface area contributed by atoms with E-state index in [1.165, 1.54) is 24.3 Å². The number of rotatable bonds is 6. The van der Waals surface area contributed by atoms with Crippen molar-refractivity contribution in [1.29, 1.82) is 0 Å². The second-order valence-corrected chi connectivity index (χ2v) is 10.1. The van der Waals surface area contributed by atoms with Gasteiger partial charge in [-0.15, -0.1) is 11.6 Å². The first-order valence-electron chi connectivity index (χ1n) is 11.7. The van der Waals surface area contributed by atoms with E-state index in [-0.39, 0.29) is 36.8 Å². The Morgan fingerprint density at radius 3 is 2.29 bits per heavy atom. The van der Waals surface area contributed by atoms with E-state index in [4.69, 9.17) is 11.6 Å². The lowest BCUT2D eigenvalue weighted by Crippen LogP contribution is -2.58. The molecule has 2 aliphatic rings. The Morgan fingerprint density at radius 2 is 1.69 bits per heavy atom. The number of likely N-dealkylation sites (tertiary alicyclic amines) is 1. The summed E-state index contributed by atoms with van der Waals surface area (Å²) in [6.07, 6.45) is 0.918. The van der Waals surface area contributed by atoms with E-state index in [9.17, 15) is 18.8 Å². The molecule has 2 saturated heterocycles. The van der Waals surface area contributed by atoms with Gasteiger partial charge in [0.1, 0.15) is 17.9 Å². The van der Waals surface area contributed by atoms with E-state index in [0.29, 0.717) is 31.6 Å². The number of nitrogens with zero attached hydrogens (tertiary/aromatic N) is 3. The lowest BCUT2D eigenvalue weighted by Gasteiger charge is -2.44. The first kappa shape index (κ1) is 25.0. The number of benzene rings is 2. The van der Waals surface area contributed by atoms with Crippen LogP contribution in [0.5, 0.6) is 0 Å². The van der Waals surface area contributed by atoms with Gasteiger partial charge in [-0.25, -0.2) is 4.39 Å². The SMILES string of the molecule is CC(C)(CCl)C(=O)N1CCC2(CC1)C(=O)N(CC(=O)Nc1ccc(F)cc1)CN2c1ccccc1. The largest absolute Gasteiger partial charge is 0.342 e. The van der Waals surface area contributed by atoms with Crippen molar-refractivity contribution in [2.45, 2.75) is 32.2 Å². The van der Waals surface area contributed by atoms with Crippen LogP contribution < -0.4 is 10.2 Å². The Kier molecular flexibility index (Phi) is 7.03. The summed E-state index contributed by atoms with van der Waals surface area (Å²) >= 11 is 6.01. The van der Waals surface area contributed by atoms with Crippen LogP contribution in [0.4, 0.5) is 15.8 Å². The molecule has 0 atom stereocenters. The maximum atomic E-state index is 13.8. The normalized spacial score (nSPS) is 17.7. The highest BCUT2D eigenvalue weighted by Crippen LogP contribution is 2.40. The lowest BCUT2D eigenvalue weighted by molar-refractivity contribution is -0.143. The summed E-state index contributed by atoms with van der Waals surface area (Å²) in [4.78, 5) is 44.8. The first-order chi connectivity index (χ1) is 16.7. The monoisotopic (exact) mass is 500 g/mol. The molecule has 3 amide bonds. The fourth-order valence-corrected chi connectivity index (χ4v) is 4.91. The molecule has 186 valence electrons. The van der Waals surface area contributed by atoms with E-state index in [1.54, 1.807) is 9.80 Å². The van der Waals surface area contributed by atoms with E-state index >= 15 is 0 Å². The second-order valence-electron chi connectivity index (χ2n) is 9.80. The average Bonchev–Trinajstić information content (AvgIpc) is 3.12. The molecule has 1 N–H and O–H groups in total. The van der Waals surface area contributed by atoms with Crippen molar-refractivity contribution in [3.05, 3.63) is 60.4 Å². The summed E-state index contributed by atoms with van der Waals surface area (Å²) in [5.41, 5.74) is -0.149. The van der Waals surface area contributed by atoms with Gasteiger partial charge in [0.15, 0.2) is 0 Å². The Morgan fingerprint density at radius 1 is 1.06 bits per heavy atom. The van der Waals surface area contributed by atoms with Crippen molar-refractivity contribution in [3.8, 4) is 0 Å². The molecular weight excluding hydrogens is 471 g/mol. The molecule has 1 spiro atoms. The van der Waals surface area contributed by atoms with Crippen LogP contribution >= 0.6 is 11.6 Å². The topological polar surface area (TPSA) is 73.0 Å². The maximum absolute atomic E-state index is 13.8. The minimum Gasteiger partial charge on any atom is -0.342 e. The number of carbonyl (C=O) groups is 3. The molecule has 2 fully saturated rings. The third-order valence-electron chi connectivity index (χ3n) is 6.84. The number of piperidine rings is 1. The second kappa shape index (κ2) is 9.85. The van der Waals surface area contributed by atoms with Gasteiger partial charge in [0.25, 0.3) is 5.91 Å². The van der Waals surface area contributed by atoms with Crippen LogP contribution in [0.15, 0.2) is 54.6 Å². The average molecular weight is 501 g/mol. The van der Waals surface area contributed by atoms with Crippen LogP contribution in [-0.4, -0.2) is 65.2 Å². The van der Waals surface area contributed by atoms with Gasteiger partial charge in [-0.05, 0) is 63.1 Å². The summed E-state index contributed by atoms with van der Waals surface area (Å²) in [5.74, 6) is -0.669. The molecule has 2 heterocycles. The number of para-hydroxylation sites is 1. The van der Waals surface area contributed by atoms with Crippen LogP contribution in [0.3, 0.4) is 0 Å². The van der Waals surface area contributed by atoms with Crippen molar-refractivity contribution < 1.29 is 18.8 Å². The van der Waals surface area contributed by atoms with Gasteiger partial charge in [0, 0.05) is 30.3 Å². The molecule has 0 aromatic heterocycles. The number of anilines is 2. The Bertz CT molecular complexity index is 1090. The molecule has 2 aromatic carbocycles. The molecule has 35 heavy (non-hydrogen) atoms. The molecule has 0 radical (unpaired) electrons. The van der Waals surface area contributed by atoms with Gasteiger partial charge in [0.05, 0.1) is 12.1 Å². The van der Waals surface area contributed by atoms with Crippen LogP contribution in [-0.2, 0) is 14.4 Å². The van der Waals surface area contributed by atoms with Gasteiger partial charge in [-0.3, -0.25) is 14.4 Å². The summed E-state index contributed by atoms with van der Waals surface area (Å²) < 4.78 is 13.2. The highest BCUT2D eigenvalue weighted by atomic mass is 35.5. The third kappa shape index (κ3) is 4.98. The van der Waals surface area contributed by atoms with Gasteiger partial charge < -0.3 is 20.0 Å². The van der Waals surface area contributed by atoms with Crippen LogP contribution in [0, 0.1) is 11.2 Å². The van der Waals surface area contributed by atoms with Crippen LogP contribution in [0.2, 0.25) is 0 Å². The molecule has 4 rings (SSSR count). The molecule has 2 aliphatic heterocycles. The number of hydrogen-bond acceptors (Lipinski definition) is 4. The van der Waals surface area contributed by atoms with Crippen molar-refractivity contribution >= 4 is 40.7 Å². The highest BCUT2D eigenvalue weighted by molar-refractivity contribution is 6.19. The number of hydrogen-bond donors (Lipinski definition) is 1. The van der Waals surface area contributed by atoms with E-state index in [0.717, 1.165) is 5.69 Å². The minimum atomic E-state index is -0.834. The van der Waals surface area contributed by atoms with Crippen LogP contribution in [0.25, 0.3) is 0 Å². The predicted octanol–water partition coefficient (Wildman–Crippen LogP) is 3.70. The van der Waals surface area contributed by atoms with Crippen molar-refractivity contribution in [2.24, 2.45) is 5.41 Å². The Hall–Kier alpha value is -3.13. The number of amides is 3. The van der Waals surface area contributed by atoms with Gasteiger partial charge in [0.2, 0.25) is 11.8 Å². The summed E-state index contributed by atoms with van der Waals surface area (Å²) in [6.45, 7) is 4.66. The van der Waals surface area contributed by atoms with Crippen molar-refractivity contribution in [1.82, 2.24) is 9.80 Å². The summed E-state index contributed by atoms with van der Waals surface area (Å²) in [7, 11) is 0. The first-order valence-corrected chi connectivity index (χ1v) is 12.2. The summed E-state index contributed by atoms with van der Waals surface area (Å²) in [5, 5.41) is 2.72. The number of halogens is 2. The molecule has 7 nitrogen and oxygen atoms in total. The van der Waals surface area contributed by atoms with Crippen LogP contribution in [0.1, 0.15) is 26.7 Å². The zero-order valence-corrected chi connectivity index (χ0v) is 20.7. The maximum Gasteiger partial charge on any atom is 0.250 e. The smallest absolute Gasteiger partial charge is 0.250 e. The number of nitrogens with one attached hydrogen (secondary N) is 1. The van der Waals surface area contributed by atoms with Gasteiger partial charge in [-0.2, -0.15) is 0 Å². The molecular formula is C26H30ClFN4O3. The van der Waals surface area contributed by atoms with Crippen molar-refractivity contribution in [2.75, 3.05) is 42.4 Å².